The number of pyridine rings is 1. The van der Waals surface area contributed by atoms with Gasteiger partial charge in [-0.3, -0.25) is 34.3 Å². The molecule has 0 aliphatic carbocycles. The molecule has 9 nitrogen and oxygen atoms in total. The van der Waals surface area contributed by atoms with Crippen LogP contribution in [0.5, 0.6) is 0 Å². The normalized spacial score (nSPS) is 20.8. The first-order chi connectivity index (χ1) is 17.4. The zero-order valence-electron chi connectivity index (χ0n) is 19.8. The fraction of sp³-hybridized carbons (Fsp3) is 0.370. The van der Waals surface area contributed by atoms with E-state index in [9.17, 15) is 19.2 Å². The zero-order chi connectivity index (χ0) is 25.2. The zero-order valence-corrected chi connectivity index (χ0v) is 19.8. The van der Waals surface area contributed by atoms with Crippen LogP contribution < -0.4 is 10.6 Å². The molecule has 1 aromatic carbocycles. The summed E-state index contributed by atoms with van der Waals surface area (Å²) >= 11 is 0. The third-order valence-electron chi connectivity index (χ3n) is 7.14. The average Bonchev–Trinajstić information content (AvgIpc) is 3.14. The molecule has 2 saturated heterocycles. The summed E-state index contributed by atoms with van der Waals surface area (Å²) in [5.74, 6) is 0.975. The van der Waals surface area contributed by atoms with Gasteiger partial charge in [-0.1, -0.05) is 18.1 Å². The fourth-order valence-corrected chi connectivity index (χ4v) is 5.13. The predicted molar refractivity (Wildman–Crippen MR) is 132 cm³/mol. The Labute approximate surface area is 209 Å². The number of hydrogen-bond donors (Lipinski definition) is 2. The van der Waals surface area contributed by atoms with Crippen LogP contribution >= 0.6 is 0 Å². The highest BCUT2D eigenvalue weighted by atomic mass is 16.2. The SMILES string of the molecule is C#Cc1ccc(CN2CCC(CNc3cccc4c3C(=O)N(C3CCC(=O)NC3=O)C4=O)CC2)cn1. The Kier molecular flexibility index (Phi) is 6.53. The number of likely N-dealkylation sites (tertiary alicyclic amines) is 1. The Hall–Kier alpha value is -4.03. The van der Waals surface area contributed by atoms with Crippen molar-refractivity contribution < 1.29 is 19.2 Å². The highest BCUT2D eigenvalue weighted by Gasteiger charge is 2.45. The third kappa shape index (κ3) is 4.60. The molecule has 2 fully saturated rings. The lowest BCUT2D eigenvalue weighted by atomic mass is 9.96. The van der Waals surface area contributed by atoms with E-state index in [0.29, 0.717) is 29.4 Å². The van der Waals surface area contributed by atoms with Gasteiger partial charge in [0.25, 0.3) is 11.8 Å². The molecule has 184 valence electrons. The summed E-state index contributed by atoms with van der Waals surface area (Å²) in [5.41, 5.74) is 2.95. The van der Waals surface area contributed by atoms with Gasteiger partial charge in [-0.2, -0.15) is 0 Å². The number of carbonyl (C=O) groups excluding carboxylic acids is 4. The lowest BCUT2D eigenvalue weighted by Crippen LogP contribution is -2.54. The number of terminal acetylenes is 1. The molecular formula is C27H27N5O4. The van der Waals surface area contributed by atoms with E-state index in [4.69, 9.17) is 6.42 Å². The van der Waals surface area contributed by atoms with Crippen LogP contribution in [-0.2, 0) is 16.1 Å². The number of piperidine rings is 2. The molecule has 0 saturated carbocycles. The van der Waals surface area contributed by atoms with Crippen LogP contribution in [0.2, 0.25) is 0 Å². The molecule has 3 aliphatic rings. The first kappa shape index (κ1) is 23.7. The van der Waals surface area contributed by atoms with Gasteiger partial charge in [0.2, 0.25) is 11.8 Å². The smallest absolute Gasteiger partial charge is 0.264 e. The van der Waals surface area contributed by atoms with Crippen molar-refractivity contribution in [2.45, 2.75) is 38.3 Å². The fourth-order valence-electron chi connectivity index (χ4n) is 5.13. The standard InChI is InChI=1S/C27H27N5O4/c1-2-19-7-6-18(15-28-19)16-31-12-10-17(11-13-31)14-29-21-5-3-4-20-24(21)27(36)32(26(20)35)22-8-9-23(33)30-25(22)34/h1,3-7,15,17,22,29H,8-14,16H2,(H,30,33,34). The highest BCUT2D eigenvalue weighted by Crippen LogP contribution is 2.33. The van der Waals surface area contributed by atoms with Crippen LogP contribution in [0.3, 0.4) is 0 Å². The van der Waals surface area contributed by atoms with Gasteiger partial charge in [0.05, 0.1) is 11.1 Å². The van der Waals surface area contributed by atoms with E-state index in [2.05, 4.69) is 26.4 Å². The van der Waals surface area contributed by atoms with Crippen molar-refractivity contribution in [1.82, 2.24) is 20.1 Å². The third-order valence-corrected chi connectivity index (χ3v) is 7.14. The molecular weight excluding hydrogens is 458 g/mol. The topological polar surface area (TPSA) is 112 Å². The van der Waals surface area contributed by atoms with Crippen LogP contribution in [0.4, 0.5) is 5.69 Å². The second-order valence-electron chi connectivity index (χ2n) is 9.47. The second-order valence-corrected chi connectivity index (χ2v) is 9.47. The molecule has 0 radical (unpaired) electrons. The molecule has 1 atom stereocenters. The molecule has 5 rings (SSSR count). The number of benzene rings is 1. The van der Waals surface area contributed by atoms with E-state index in [-0.39, 0.29) is 24.3 Å². The molecule has 9 heteroatoms. The Morgan fingerprint density at radius 1 is 1.06 bits per heavy atom. The molecule has 1 aromatic heterocycles. The minimum atomic E-state index is -0.967. The summed E-state index contributed by atoms with van der Waals surface area (Å²) in [4.78, 5) is 57.7. The highest BCUT2D eigenvalue weighted by molar-refractivity contribution is 6.25. The molecule has 0 spiro atoms. The number of rotatable bonds is 6. The summed E-state index contributed by atoms with van der Waals surface area (Å²) in [6, 6.07) is 8.04. The van der Waals surface area contributed by atoms with E-state index in [1.807, 2.05) is 18.3 Å². The van der Waals surface area contributed by atoms with Gasteiger partial charge in [-0.05, 0) is 62.0 Å². The molecule has 0 bridgehead atoms. The summed E-state index contributed by atoms with van der Waals surface area (Å²) in [6.45, 7) is 3.42. The first-order valence-corrected chi connectivity index (χ1v) is 12.2. The van der Waals surface area contributed by atoms with E-state index >= 15 is 0 Å². The average molecular weight is 486 g/mol. The summed E-state index contributed by atoms with van der Waals surface area (Å²) < 4.78 is 0. The molecule has 2 N–H and O–H groups in total. The van der Waals surface area contributed by atoms with Crippen molar-refractivity contribution in [3.05, 3.63) is 58.9 Å². The molecule has 1 unspecified atom stereocenters. The van der Waals surface area contributed by atoms with Crippen LogP contribution in [0.25, 0.3) is 0 Å². The lowest BCUT2D eigenvalue weighted by molar-refractivity contribution is -0.136. The van der Waals surface area contributed by atoms with Crippen LogP contribution in [-0.4, -0.2) is 64.1 Å². The van der Waals surface area contributed by atoms with Crippen molar-refractivity contribution in [2.24, 2.45) is 5.92 Å². The number of aromatic nitrogens is 1. The minimum Gasteiger partial charge on any atom is -0.384 e. The molecule has 4 heterocycles. The Morgan fingerprint density at radius 3 is 2.56 bits per heavy atom. The predicted octanol–water partition coefficient (Wildman–Crippen LogP) is 1.79. The number of nitrogens with zero attached hydrogens (tertiary/aromatic N) is 3. The number of fused-ring (bicyclic) bond motifs is 1. The molecule has 3 aliphatic heterocycles. The molecule has 2 aromatic rings. The van der Waals surface area contributed by atoms with Gasteiger partial charge in [0, 0.05) is 31.4 Å². The van der Waals surface area contributed by atoms with Crippen molar-refractivity contribution in [2.75, 3.05) is 25.0 Å². The van der Waals surface area contributed by atoms with E-state index < -0.39 is 23.8 Å². The number of carbonyl (C=O) groups is 4. The maximum atomic E-state index is 13.2. The Morgan fingerprint density at radius 2 is 1.86 bits per heavy atom. The maximum Gasteiger partial charge on any atom is 0.264 e. The van der Waals surface area contributed by atoms with Gasteiger partial charge in [-0.15, -0.1) is 6.42 Å². The quantitative estimate of drug-likeness (QED) is 0.474. The number of anilines is 1. The van der Waals surface area contributed by atoms with E-state index in [1.54, 1.807) is 18.2 Å². The number of imide groups is 2. The molecule has 4 amide bonds. The summed E-state index contributed by atoms with van der Waals surface area (Å²) in [6.07, 6.45) is 9.45. The van der Waals surface area contributed by atoms with E-state index in [1.165, 1.54) is 0 Å². The van der Waals surface area contributed by atoms with Gasteiger partial charge in [0.15, 0.2) is 0 Å². The van der Waals surface area contributed by atoms with Crippen molar-refractivity contribution >= 4 is 29.3 Å². The Balaban J connectivity index is 1.19. The summed E-state index contributed by atoms with van der Waals surface area (Å²) in [7, 11) is 0. The van der Waals surface area contributed by atoms with Crippen LogP contribution in [0.15, 0.2) is 36.5 Å². The Bertz CT molecular complexity index is 1260. The number of nitrogens with one attached hydrogen (secondary N) is 2. The van der Waals surface area contributed by atoms with Gasteiger partial charge in [-0.25, -0.2) is 4.98 Å². The first-order valence-electron chi connectivity index (χ1n) is 12.2. The van der Waals surface area contributed by atoms with Gasteiger partial charge < -0.3 is 5.32 Å². The maximum absolute atomic E-state index is 13.2. The number of hydrogen-bond acceptors (Lipinski definition) is 7. The van der Waals surface area contributed by atoms with Gasteiger partial charge in [0.1, 0.15) is 11.7 Å². The largest absolute Gasteiger partial charge is 0.384 e. The lowest BCUT2D eigenvalue weighted by Gasteiger charge is -2.32. The van der Waals surface area contributed by atoms with Crippen molar-refractivity contribution in [1.29, 1.82) is 0 Å². The minimum absolute atomic E-state index is 0.0976. The van der Waals surface area contributed by atoms with Crippen LogP contribution in [0, 0.1) is 18.3 Å². The van der Waals surface area contributed by atoms with Crippen molar-refractivity contribution in [3.8, 4) is 12.3 Å². The number of amides is 4. The monoisotopic (exact) mass is 485 g/mol. The van der Waals surface area contributed by atoms with Crippen molar-refractivity contribution in [3.63, 3.8) is 0 Å². The van der Waals surface area contributed by atoms with Crippen LogP contribution in [0.1, 0.15) is 57.7 Å². The summed E-state index contributed by atoms with van der Waals surface area (Å²) in [5, 5.41) is 5.61. The second kappa shape index (κ2) is 9.91. The van der Waals surface area contributed by atoms with Gasteiger partial charge >= 0.3 is 0 Å². The molecule has 36 heavy (non-hydrogen) atoms. The van der Waals surface area contributed by atoms with E-state index in [0.717, 1.165) is 42.9 Å².